The monoisotopic (exact) mass is 907 g/mol. The molecule has 1 saturated carbocycles. The molecule has 1 aromatic heterocycles. The first-order valence-corrected chi connectivity index (χ1v) is 26.6. The van der Waals surface area contributed by atoms with Gasteiger partial charge in [0.15, 0.2) is 0 Å². The second kappa shape index (κ2) is 13.7. The maximum absolute atomic E-state index is 2.96. The molecule has 5 aliphatic rings. The minimum absolute atomic E-state index is 0.00828. The maximum atomic E-state index is 2.96. The number of nitrogens with zero attached hydrogens (tertiary/aromatic N) is 2. The molecule has 2 atom stereocenters. The van der Waals surface area contributed by atoms with Crippen LogP contribution in [0.4, 0.5) is 22.7 Å². The number of rotatable bonds is 2. The fourth-order valence-corrected chi connectivity index (χ4v) is 15.3. The predicted octanol–water partition coefficient (Wildman–Crippen LogP) is 16.8. The molecule has 3 aliphatic heterocycles. The molecule has 2 unspecified atom stereocenters. The van der Waals surface area contributed by atoms with Crippen LogP contribution in [0.2, 0.25) is 0 Å². The van der Waals surface area contributed by atoms with Gasteiger partial charge in [-0.25, -0.2) is 0 Å². The number of thiophene rings is 1. The zero-order chi connectivity index (χ0) is 47.2. The summed E-state index contributed by atoms with van der Waals surface area (Å²) in [6.45, 7) is 29.5. The van der Waals surface area contributed by atoms with E-state index in [9.17, 15) is 0 Å². The van der Waals surface area contributed by atoms with Gasteiger partial charge in [-0.15, -0.1) is 11.3 Å². The van der Waals surface area contributed by atoms with Gasteiger partial charge in [0.1, 0.15) is 0 Å². The van der Waals surface area contributed by atoms with Crippen molar-refractivity contribution < 1.29 is 0 Å². The van der Waals surface area contributed by atoms with E-state index >= 15 is 0 Å². The molecule has 68 heavy (non-hydrogen) atoms. The van der Waals surface area contributed by atoms with Crippen LogP contribution in [0.5, 0.6) is 0 Å². The topological polar surface area (TPSA) is 6.48 Å². The van der Waals surface area contributed by atoms with Crippen molar-refractivity contribution in [3.05, 3.63) is 143 Å². The van der Waals surface area contributed by atoms with E-state index in [2.05, 4.69) is 208 Å². The zero-order valence-electron chi connectivity index (χ0n) is 42.6. The molecule has 2 aliphatic carbocycles. The summed E-state index contributed by atoms with van der Waals surface area (Å²) in [6.07, 6.45) is 7.31. The number of anilines is 4. The number of hydrogen-bond donors (Lipinski definition) is 0. The normalized spacial score (nSPS) is 22.0. The van der Waals surface area contributed by atoms with Crippen molar-refractivity contribution in [1.29, 1.82) is 0 Å². The molecule has 4 heterocycles. The van der Waals surface area contributed by atoms with E-state index in [1.165, 1.54) is 148 Å². The van der Waals surface area contributed by atoms with E-state index in [4.69, 9.17) is 0 Å². The van der Waals surface area contributed by atoms with E-state index in [-0.39, 0.29) is 39.5 Å². The largest absolute Gasteiger partial charge is 0.376 e. The van der Waals surface area contributed by atoms with Crippen molar-refractivity contribution in [3.8, 4) is 22.3 Å². The summed E-state index contributed by atoms with van der Waals surface area (Å²) in [6, 6.07) is 46.4. The lowest BCUT2D eigenvalue weighted by molar-refractivity contribution is 0.195. The summed E-state index contributed by atoms with van der Waals surface area (Å²) in [7, 11) is 0. The average molecular weight is 907 g/mol. The van der Waals surface area contributed by atoms with E-state index in [1.807, 2.05) is 11.3 Å². The van der Waals surface area contributed by atoms with Gasteiger partial charge in [0.25, 0.3) is 0 Å². The van der Waals surface area contributed by atoms with Gasteiger partial charge in [-0.1, -0.05) is 162 Å². The first kappa shape index (κ1) is 42.8. The fourth-order valence-electron chi connectivity index (χ4n) is 14.2. The predicted molar refractivity (Wildman–Crippen MR) is 297 cm³/mol. The van der Waals surface area contributed by atoms with Crippen LogP contribution in [-0.4, -0.2) is 12.4 Å². The van der Waals surface area contributed by atoms with Crippen LogP contribution in [0.25, 0.3) is 53.2 Å². The average Bonchev–Trinajstić information content (AvgIpc) is 3.77. The van der Waals surface area contributed by atoms with Crippen molar-refractivity contribution in [1.82, 2.24) is 0 Å². The third-order valence-electron chi connectivity index (χ3n) is 18.5. The number of hydrogen-bond acceptors (Lipinski definition) is 3. The van der Waals surface area contributed by atoms with Crippen LogP contribution in [0.3, 0.4) is 0 Å². The second-order valence-corrected chi connectivity index (χ2v) is 26.6. The first-order chi connectivity index (χ1) is 32.2. The van der Waals surface area contributed by atoms with E-state index < -0.39 is 0 Å². The molecular formula is C64H67BN2S. The highest BCUT2D eigenvalue weighted by molar-refractivity contribution is 7.26. The lowest BCUT2D eigenvalue weighted by Crippen LogP contribution is -2.65. The summed E-state index contributed by atoms with van der Waals surface area (Å²) in [5.41, 5.74) is 21.3. The summed E-state index contributed by atoms with van der Waals surface area (Å²) in [4.78, 5) is 5.81. The van der Waals surface area contributed by atoms with Crippen molar-refractivity contribution in [2.24, 2.45) is 0 Å². The zero-order valence-corrected chi connectivity index (χ0v) is 43.4. The molecule has 1 fully saturated rings. The van der Waals surface area contributed by atoms with Gasteiger partial charge >= 0.3 is 6.85 Å². The van der Waals surface area contributed by atoms with Gasteiger partial charge in [-0.2, -0.15) is 0 Å². The third kappa shape index (κ3) is 5.59. The molecule has 0 radical (unpaired) electrons. The highest BCUT2D eigenvalue weighted by Gasteiger charge is 2.62. The Morgan fingerprint density at radius 3 is 1.96 bits per heavy atom. The lowest BCUT2D eigenvalue weighted by Gasteiger charge is -2.53. The summed E-state index contributed by atoms with van der Waals surface area (Å²) in [5, 5.41) is 5.54. The van der Waals surface area contributed by atoms with Gasteiger partial charge in [0.05, 0.1) is 5.54 Å². The molecule has 2 nitrogen and oxygen atoms in total. The Labute approximate surface area is 409 Å². The Morgan fingerprint density at radius 1 is 0.544 bits per heavy atom. The number of benzene rings is 7. The van der Waals surface area contributed by atoms with Crippen LogP contribution in [0.1, 0.15) is 149 Å². The van der Waals surface area contributed by atoms with Crippen LogP contribution in [-0.2, 0) is 27.1 Å². The Bertz CT molecular complexity index is 3490. The van der Waals surface area contributed by atoms with E-state index in [0.29, 0.717) is 0 Å². The first-order valence-electron chi connectivity index (χ1n) is 25.8. The lowest BCUT2D eigenvalue weighted by atomic mass is 9.42. The molecule has 7 aromatic carbocycles. The molecule has 8 aromatic rings. The van der Waals surface area contributed by atoms with Crippen LogP contribution in [0, 0.1) is 0 Å². The number of fused-ring (bicyclic) bond motifs is 14. The van der Waals surface area contributed by atoms with Crippen LogP contribution >= 0.6 is 11.3 Å². The quantitative estimate of drug-likeness (QED) is 0.160. The van der Waals surface area contributed by atoms with Gasteiger partial charge in [0, 0.05) is 64.8 Å². The maximum Gasteiger partial charge on any atom is 0.333 e. The highest BCUT2D eigenvalue weighted by atomic mass is 32.1. The van der Waals surface area contributed by atoms with Gasteiger partial charge < -0.3 is 9.71 Å². The van der Waals surface area contributed by atoms with Crippen molar-refractivity contribution in [3.63, 3.8) is 0 Å². The van der Waals surface area contributed by atoms with Crippen molar-refractivity contribution in [2.75, 3.05) is 9.71 Å². The molecule has 342 valence electrons. The molecule has 0 spiro atoms. The van der Waals surface area contributed by atoms with Crippen molar-refractivity contribution >= 4 is 82.8 Å². The Hall–Kier alpha value is -5.32. The summed E-state index contributed by atoms with van der Waals surface area (Å²) >= 11 is 2.00. The molecule has 4 heteroatoms. The SMILES string of the molecule is CC(C)(C)c1ccc(N2B3c4cc(C(C)(C)C)cc5c4N(c4c3c(cc3ccccc43)-c3c2ccc2sc4cc6c(cc4c32)C(C)(C)CCC6(C)C)C2(C)CCCCC52C)c(-c2ccccc2)c1. The van der Waals surface area contributed by atoms with Crippen LogP contribution in [0.15, 0.2) is 115 Å². The smallest absolute Gasteiger partial charge is 0.333 e. The van der Waals surface area contributed by atoms with Gasteiger partial charge in [-0.3, -0.25) is 0 Å². The minimum atomic E-state index is -0.0884. The summed E-state index contributed by atoms with van der Waals surface area (Å²) in [5.74, 6) is 0. The third-order valence-corrected chi connectivity index (χ3v) is 19.6. The highest BCUT2D eigenvalue weighted by Crippen LogP contribution is 2.64. The molecule has 13 rings (SSSR count). The molecular weight excluding hydrogens is 840 g/mol. The molecule has 0 saturated heterocycles. The molecule has 0 N–H and O–H groups in total. The Kier molecular flexibility index (Phi) is 8.63. The Balaban J connectivity index is 1.24. The summed E-state index contributed by atoms with van der Waals surface area (Å²) < 4.78 is 2.79. The second-order valence-electron chi connectivity index (χ2n) is 25.5. The van der Waals surface area contributed by atoms with Gasteiger partial charge in [-0.05, 0) is 152 Å². The van der Waals surface area contributed by atoms with E-state index in [0.717, 1.165) is 0 Å². The molecule has 0 bridgehead atoms. The van der Waals surface area contributed by atoms with Crippen LogP contribution < -0.4 is 20.6 Å². The molecule has 0 amide bonds. The van der Waals surface area contributed by atoms with Gasteiger partial charge in [0.2, 0.25) is 0 Å². The van der Waals surface area contributed by atoms with E-state index in [1.54, 1.807) is 5.56 Å². The standard InChI is InChI=1S/C64H67BN2S/c1-59(2,3)40-24-25-50(43(33-40)38-20-14-13-15-21-38)67-51-26-27-52-55(44-36-46-47(37-53(44)68-52)62(9,10)31-30-61(46,7)8)54(51)45-32-39-22-16-17-23-42(39)57-56(45)65(67)49-35-41(60(4,5)6)34-48-58(49)66(57)64(12)29-19-18-28-63(48,64)11/h13-17,20-27,32-37H,18-19,28-31H2,1-12H3. The minimum Gasteiger partial charge on any atom is -0.376 e. The van der Waals surface area contributed by atoms with Crippen molar-refractivity contribution in [2.45, 2.75) is 154 Å². The fraction of sp³-hybridized carbons (Fsp3) is 0.375. The Morgan fingerprint density at radius 2 is 1.22 bits per heavy atom.